The molecule has 4 heteroatoms. The Labute approximate surface area is 252 Å². The maximum Gasteiger partial charge on any atom is 0.178 e. The van der Waals surface area contributed by atoms with Crippen molar-refractivity contribution in [3.05, 3.63) is 108 Å². The molecule has 4 nitrogen and oxygen atoms in total. The van der Waals surface area contributed by atoms with Crippen LogP contribution in [0.5, 0.6) is 0 Å². The topological polar surface area (TPSA) is 32.3 Å². The molecule has 0 radical (unpaired) electrons. The lowest BCUT2D eigenvalue weighted by Crippen LogP contribution is -2.62. The van der Waals surface area contributed by atoms with Crippen LogP contribution in [0.1, 0.15) is 89.8 Å². The van der Waals surface area contributed by atoms with Crippen LogP contribution in [0.3, 0.4) is 0 Å². The monoisotopic (exact) mass is 556 g/mol. The first kappa shape index (κ1) is 28.2. The molecule has 0 saturated carbocycles. The van der Waals surface area contributed by atoms with Crippen LogP contribution in [0.2, 0.25) is 0 Å². The van der Waals surface area contributed by atoms with Crippen molar-refractivity contribution in [1.82, 2.24) is 9.97 Å². The van der Waals surface area contributed by atoms with Gasteiger partial charge in [0, 0.05) is 34.6 Å². The predicted octanol–water partition coefficient (Wildman–Crippen LogP) is 10.3. The van der Waals surface area contributed by atoms with Gasteiger partial charge in [-0.25, -0.2) is 9.97 Å². The summed E-state index contributed by atoms with van der Waals surface area (Å²) in [7, 11) is 0. The molecule has 2 aliphatic heterocycles. The normalized spacial score (nSPS) is 22.7. The summed E-state index contributed by atoms with van der Waals surface area (Å²) in [5, 5.41) is 0. The number of allylic oxidation sites excluding steroid dienone is 1. The van der Waals surface area contributed by atoms with Gasteiger partial charge in [0.05, 0.1) is 0 Å². The van der Waals surface area contributed by atoms with Crippen LogP contribution in [0.25, 0.3) is 11.1 Å². The highest BCUT2D eigenvalue weighted by Gasteiger charge is 2.62. The number of rotatable bonds is 7. The number of fused-ring (bicyclic) bond motifs is 5. The van der Waals surface area contributed by atoms with Crippen molar-refractivity contribution in [1.29, 1.82) is 0 Å². The lowest BCUT2D eigenvalue weighted by Gasteiger charge is -2.59. The lowest BCUT2D eigenvalue weighted by atomic mass is 9.54. The Balaban J connectivity index is 1.70. The van der Waals surface area contributed by atoms with E-state index in [1.54, 1.807) is 0 Å². The Bertz CT molecular complexity index is 1600. The van der Waals surface area contributed by atoms with Gasteiger partial charge in [-0.3, -0.25) is 0 Å². The van der Waals surface area contributed by atoms with Crippen molar-refractivity contribution in [2.24, 2.45) is 5.41 Å². The fraction of sp³-hybridized carbons (Fsp3) is 0.368. The SMILES string of the molecule is C=CC1(CC)c2ccc(-c3c(C(C)C)cccc3C(C)C)cc2N2c3nccnc3N(c3ccccc3)C2C1(C)CC. The number of hydrogen-bond acceptors (Lipinski definition) is 4. The van der Waals surface area contributed by atoms with Gasteiger partial charge >= 0.3 is 0 Å². The quantitative estimate of drug-likeness (QED) is 0.212. The minimum absolute atomic E-state index is 0.0205. The molecule has 0 spiro atoms. The average molecular weight is 557 g/mol. The van der Waals surface area contributed by atoms with E-state index in [-0.39, 0.29) is 17.0 Å². The fourth-order valence-corrected chi connectivity index (χ4v) is 7.94. The van der Waals surface area contributed by atoms with Gasteiger partial charge in [-0.05, 0) is 70.7 Å². The zero-order chi connectivity index (χ0) is 29.8. The Morgan fingerprint density at radius 3 is 1.98 bits per heavy atom. The van der Waals surface area contributed by atoms with E-state index in [4.69, 9.17) is 9.97 Å². The van der Waals surface area contributed by atoms with Gasteiger partial charge in [0.2, 0.25) is 0 Å². The molecular formula is C38H44N4. The highest BCUT2D eigenvalue weighted by atomic mass is 15.5. The van der Waals surface area contributed by atoms with Gasteiger partial charge in [-0.2, -0.15) is 0 Å². The molecule has 4 aromatic rings. The second-order valence-electron chi connectivity index (χ2n) is 12.8. The van der Waals surface area contributed by atoms with E-state index in [0.29, 0.717) is 11.8 Å². The van der Waals surface area contributed by atoms with Gasteiger partial charge in [0.1, 0.15) is 6.17 Å². The number of aromatic nitrogens is 2. The van der Waals surface area contributed by atoms with Gasteiger partial charge in [0.15, 0.2) is 11.6 Å². The van der Waals surface area contributed by atoms with E-state index in [0.717, 1.165) is 30.2 Å². The van der Waals surface area contributed by atoms with Gasteiger partial charge < -0.3 is 9.80 Å². The summed E-state index contributed by atoms with van der Waals surface area (Å²) in [6.45, 7) is 20.8. The van der Waals surface area contributed by atoms with Crippen LogP contribution >= 0.6 is 0 Å². The number of benzene rings is 3. The molecule has 0 amide bonds. The summed E-state index contributed by atoms with van der Waals surface area (Å²) >= 11 is 0. The van der Waals surface area contributed by atoms with E-state index in [2.05, 4.69) is 138 Å². The minimum atomic E-state index is -0.246. The highest BCUT2D eigenvalue weighted by Crippen LogP contribution is 2.64. The summed E-state index contributed by atoms with van der Waals surface area (Å²) < 4.78 is 0. The molecule has 0 aliphatic carbocycles. The lowest BCUT2D eigenvalue weighted by molar-refractivity contribution is 0.120. The van der Waals surface area contributed by atoms with Crippen LogP contribution in [0, 0.1) is 5.41 Å². The Morgan fingerprint density at radius 1 is 0.810 bits per heavy atom. The number of para-hydroxylation sites is 1. The molecule has 3 unspecified atom stereocenters. The summed E-state index contributed by atoms with van der Waals surface area (Å²) in [5.74, 6) is 2.66. The smallest absolute Gasteiger partial charge is 0.178 e. The first-order valence-electron chi connectivity index (χ1n) is 15.6. The zero-order valence-electron chi connectivity index (χ0n) is 26.2. The maximum atomic E-state index is 5.01. The molecule has 2 aliphatic rings. The summed E-state index contributed by atoms with van der Waals surface area (Å²) in [5.41, 5.74) is 8.65. The molecule has 3 aromatic carbocycles. The van der Waals surface area contributed by atoms with Gasteiger partial charge in [-0.1, -0.05) is 103 Å². The van der Waals surface area contributed by atoms with Crippen LogP contribution in [-0.2, 0) is 5.41 Å². The Morgan fingerprint density at radius 2 is 1.43 bits per heavy atom. The molecule has 6 rings (SSSR count). The third-order valence-electron chi connectivity index (χ3n) is 10.3. The van der Waals surface area contributed by atoms with Gasteiger partial charge in [-0.15, -0.1) is 6.58 Å². The van der Waals surface area contributed by atoms with E-state index >= 15 is 0 Å². The molecule has 216 valence electrons. The fourth-order valence-electron chi connectivity index (χ4n) is 7.94. The van der Waals surface area contributed by atoms with Crippen molar-refractivity contribution in [3.63, 3.8) is 0 Å². The zero-order valence-corrected chi connectivity index (χ0v) is 26.2. The standard InChI is InChI=1S/C38H44N4/c1-9-37(8)36-41(28-16-13-12-14-17-28)34-35(40-23-22-39-34)42(36)32-24-27(20-21-31(32)38(37,10-2)11-3)33-29(25(4)5)18-15-19-30(33)26(6)7/h10,12-26,36H,2,9,11H2,1,3-8H3. The van der Waals surface area contributed by atoms with E-state index < -0.39 is 0 Å². The summed E-state index contributed by atoms with van der Waals surface area (Å²) in [6.07, 6.45) is 7.80. The first-order chi connectivity index (χ1) is 20.2. The number of hydrogen-bond donors (Lipinski definition) is 0. The molecule has 0 bridgehead atoms. The minimum Gasteiger partial charge on any atom is -0.301 e. The van der Waals surface area contributed by atoms with Crippen molar-refractivity contribution in [2.45, 2.75) is 84.7 Å². The van der Waals surface area contributed by atoms with E-state index in [1.165, 1.54) is 33.5 Å². The molecule has 42 heavy (non-hydrogen) atoms. The van der Waals surface area contributed by atoms with E-state index in [1.807, 2.05) is 12.4 Å². The molecule has 3 atom stereocenters. The third kappa shape index (κ3) is 3.80. The summed E-state index contributed by atoms with van der Waals surface area (Å²) in [4.78, 5) is 14.9. The molecule has 1 aromatic heterocycles. The molecule has 0 fully saturated rings. The highest BCUT2D eigenvalue weighted by molar-refractivity contribution is 5.89. The first-order valence-corrected chi connectivity index (χ1v) is 15.6. The Kier molecular flexibility index (Phi) is 7.00. The van der Waals surface area contributed by atoms with Crippen LogP contribution < -0.4 is 9.80 Å². The van der Waals surface area contributed by atoms with Crippen molar-refractivity contribution >= 4 is 23.0 Å². The molecule has 3 heterocycles. The number of nitrogens with zero attached hydrogens (tertiary/aromatic N) is 4. The van der Waals surface area contributed by atoms with Crippen LogP contribution in [0.4, 0.5) is 23.0 Å². The predicted molar refractivity (Wildman–Crippen MR) is 177 cm³/mol. The largest absolute Gasteiger partial charge is 0.301 e. The molecule has 0 N–H and O–H groups in total. The molecule has 0 saturated heterocycles. The van der Waals surface area contributed by atoms with E-state index in [9.17, 15) is 0 Å². The van der Waals surface area contributed by atoms with Crippen LogP contribution in [-0.4, -0.2) is 16.1 Å². The average Bonchev–Trinajstić information content (AvgIpc) is 3.37. The van der Waals surface area contributed by atoms with Crippen molar-refractivity contribution in [2.75, 3.05) is 9.80 Å². The third-order valence-corrected chi connectivity index (χ3v) is 10.3. The maximum absolute atomic E-state index is 5.01. The Hall–Kier alpha value is -3.92. The summed E-state index contributed by atoms with van der Waals surface area (Å²) in [6, 6.07) is 24.7. The second-order valence-corrected chi connectivity index (χ2v) is 12.8. The van der Waals surface area contributed by atoms with Crippen molar-refractivity contribution in [3.8, 4) is 11.1 Å². The molecular weight excluding hydrogens is 512 g/mol. The second kappa shape index (κ2) is 10.4. The number of anilines is 4. The van der Waals surface area contributed by atoms with Crippen molar-refractivity contribution < 1.29 is 0 Å². The van der Waals surface area contributed by atoms with Gasteiger partial charge in [0.25, 0.3) is 0 Å². The van der Waals surface area contributed by atoms with Crippen LogP contribution in [0.15, 0.2) is 91.8 Å².